The molecule has 0 saturated carbocycles. The van der Waals surface area contributed by atoms with Crippen LogP contribution in [0, 0.1) is 12.7 Å². The molecule has 0 saturated heterocycles. The van der Waals surface area contributed by atoms with E-state index in [1.54, 1.807) is 19.1 Å². The van der Waals surface area contributed by atoms with Gasteiger partial charge in [-0.1, -0.05) is 16.8 Å². The number of halogens is 2. The largest absolute Gasteiger partial charge is 0.360 e. The van der Waals surface area contributed by atoms with Gasteiger partial charge in [-0.05, 0) is 61.6 Å². The number of sulfonamides is 1. The molecule has 3 rings (SSSR count). The van der Waals surface area contributed by atoms with Crippen LogP contribution in [-0.2, 0) is 10.0 Å². The number of rotatable bonds is 5. The number of hydrogen-bond acceptors (Lipinski definition) is 5. The Kier molecular flexibility index (Phi) is 5.82. The van der Waals surface area contributed by atoms with Gasteiger partial charge in [0.2, 0.25) is 0 Å². The molecule has 2 aromatic carbocycles. The Labute approximate surface area is 170 Å². The summed E-state index contributed by atoms with van der Waals surface area (Å²) in [6.45, 7) is 1.65. The Morgan fingerprint density at radius 2 is 1.75 bits per heavy atom. The minimum atomic E-state index is -3.80. The molecule has 0 aliphatic rings. The second-order valence-corrected chi connectivity index (χ2v) is 8.16. The van der Waals surface area contributed by atoms with E-state index in [0.717, 1.165) is 0 Å². The maximum absolute atomic E-state index is 13.2. The lowest BCUT2D eigenvalue weighted by molar-refractivity contribution is 0.400. The van der Waals surface area contributed by atoms with Gasteiger partial charge in [-0.3, -0.25) is 4.72 Å². The molecule has 3 N–H and O–H groups in total. The lowest BCUT2D eigenvalue weighted by atomic mass is 10.3. The molecule has 0 unspecified atom stereocenters. The maximum atomic E-state index is 13.2. The van der Waals surface area contributed by atoms with E-state index in [-0.39, 0.29) is 20.8 Å². The molecule has 0 aliphatic carbocycles. The summed E-state index contributed by atoms with van der Waals surface area (Å²) < 4.78 is 45.0. The standard InChI is InChI=1S/C17H14ClFN4O3S2/c1-10-8-16(22-26-10)23-28(24,25)13-5-2-11(3-6-13)20-17(27)21-12-4-7-15(19)14(18)9-12/h2-9H,1H3,(H,22,23)(H2,20,21,27). The summed E-state index contributed by atoms with van der Waals surface area (Å²) in [5.74, 6) is 0.0565. The van der Waals surface area contributed by atoms with E-state index in [9.17, 15) is 12.8 Å². The molecule has 3 aromatic rings. The van der Waals surface area contributed by atoms with Gasteiger partial charge in [0.1, 0.15) is 11.6 Å². The molecule has 0 bridgehead atoms. The second kappa shape index (κ2) is 8.13. The van der Waals surface area contributed by atoms with Crippen LogP contribution < -0.4 is 15.4 Å². The summed E-state index contributed by atoms with van der Waals surface area (Å²) in [5, 5.41) is 9.55. The molecule has 0 aliphatic heterocycles. The molecule has 7 nitrogen and oxygen atoms in total. The zero-order chi connectivity index (χ0) is 20.3. The Morgan fingerprint density at radius 3 is 2.36 bits per heavy atom. The third kappa shape index (κ3) is 4.97. The van der Waals surface area contributed by atoms with Crippen molar-refractivity contribution in [2.45, 2.75) is 11.8 Å². The zero-order valence-electron chi connectivity index (χ0n) is 14.4. The number of nitrogens with zero attached hydrogens (tertiary/aromatic N) is 1. The fraction of sp³-hybridized carbons (Fsp3) is 0.0588. The molecular weight excluding hydrogens is 427 g/mol. The van der Waals surface area contributed by atoms with Crippen LogP contribution in [0.4, 0.5) is 21.6 Å². The molecule has 0 amide bonds. The van der Waals surface area contributed by atoms with Crippen molar-refractivity contribution < 1.29 is 17.3 Å². The van der Waals surface area contributed by atoms with Gasteiger partial charge in [-0.2, -0.15) is 0 Å². The van der Waals surface area contributed by atoms with Crippen LogP contribution in [0.2, 0.25) is 5.02 Å². The molecule has 146 valence electrons. The lowest BCUT2D eigenvalue weighted by Crippen LogP contribution is -2.19. The summed E-state index contributed by atoms with van der Waals surface area (Å²) in [7, 11) is -3.80. The van der Waals surface area contributed by atoms with Crippen molar-refractivity contribution in [3.05, 3.63) is 65.1 Å². The van der Waals surface area contributed by atoms with Crippen LogP contribution in [-0.4, -0.2) is 18.7 Å². The number of benzene rings is 2. The molecule has 11 heteroatoms. The number of nitrogens with one attached hydrogen (secondary N) is 3. The molecule has 1 aromatic heterocycles. The van der Waals surface area contributed by atoms with Crippen molar-refractivity contribution in [1.82, 2.24) is 5.16 Å². The topological polar surface area (TPSA) is 96.3 Å². The van der Waals surface area contributed by atoms with E-state index in [0.29, 0.717) is 17.1 Å². The quantitative estimate of drug-likeness (QED) is 0.506. The monoisotopic (exact) mass is 440 g/mol. The molecular formula is C17H14ClFN4O3S2. The maximum Gasteiger partial charge on any atom is 0.263 e. The highest BCUT2D eigenvalue weighted by Gasteiger charge is 2.16. The van der Waals surface area contributed by atoms with E-state index in [4.69, 9.17) is 28.3 Å². The fourth-order valence-corrected chi connectivity index (χ4v) is 3.60. The predicted octanol–water partition coefficient (Wildman–Crippen LogP) is 4.39. The first-order valence-electron chi connectivity index (χ1n) is 7.82. The summed E-state index contributed by atoms with van der Waals surface area (Å²) in [5.41, 5.74) is 1.07. The van der Waals surface area contributed by atoms with Crippen LogP contribution in [0.1, 0.15) is 5.76 Å². The van der Waals surface area contributed by atoms with Crippen molar-refractivity contribution in [3.8, 4) is 0 Å². The van der Waals surface area contributed by atoms with E-state index in [1.165, 1.54) is 36.4 Å². The average Bonchev–Trinajstić information content (AvgIpc) is 3.02. The van der Waals surface area contributed by atoms with Crippen molar-refractivity contribution >= 4 is 56.1 Å². The number of aromatic nitrogens is 1. The van der Waals surface area contributed by atoms with Gasteiger partial charge in [0.25, 0.3) is 10.0 Å². The minimum absolute atomic E-state index is 0.0304. The van der Waals surface area contributed by atoms with Crippen molar-refractivity contribution in [2.24, 2.45) is 0 Å². The Hall–Kier alpha value is -2.69. The highest BCUT2D eigenvalue weighted by atomic mass is 35.5. The van der Waals surface area contributed by atoms with E-state index < -0.39 is 15.8 Å². The van der Waals surface area contributed by atoms with Gasteiger partial charge in [-0.25, -0.2) is 12.8 Å². The van der Waals surface area contributed by atoms with Crippen molar-refractivity contribution in [1.29, 1.82) is 0 Å². The van der Waals surface area contributed by atoms with E-state index in [2.05, 4.69) is 20.5 Å². The third-order valence-corrected chi connectivity index (χ3v) is 5.33. The third-order valence-electron chi connectivity index (χ3n) is 3.47. The average molecular weight is 441 g/mol. The zero-order valence-corrected chi connectivity index (χ0v) is 16.8. The van der Waals surface area contributed by atoms with Gasteiger partial charge in [-0.15, -0.1) is 0 Å². The number of hydrogen-bond donors (Lipinski definition) is 3. The number of thiocarbonyl (C=S) groups is 1. The van der Waals surface area contributed by atoms with Crippen LogP contribution in [0.25, 0.3) is 0 Å². The van der Waals surface area contributed by atoms with Gasteiger partial charge in [0.05, 0.1) is 9.92 Å². The first-order chi connectivity index (χ1) is 13.2. The molecule has 1 heterocycles. The van der Waals surface area contributed by atoms with E-state index in [1.807, 2.05) is 0 Å². The number of anilines is 3. The van der Waals surface area contributed by atoms with Crippen molar-refractivity contribution in [3.63, 3.8) is 0 Å². The van der Waals surface area contributed by atoms with Crippen LogP contribution in [0.15, 0.2) is 57.9 Å². The highest BCUT2D eigenvalue weighted by Crippen LogP contribution is 2.21. The lowest BCUT2D eigenvalue weighted by Gasteiger charge is -2.11. The SMILES string of the molecule is Cc1cc(NS(=O)(=O)c2ccc(NC(=S)Nc3ccc(F)c(Cl)c3)cc2)no1. The summed E-state index contributed by atoms with van der Waals surface area (Å²) in [6.07, 6.45) is 0. The Bertz CT molecular complexity index is 1120. The van der Waals surface area contributed by atoms with Crippen molar-refractivity contribution in [2.75, 3.05) is 15.4 Å². The fourth-order valence-electron chi connectivity index (χ4n) is 2.20. The van der Waals surface area contributed by atoms with E-state index >= 15 is 0 Å². The Morgan fingerprint density at radius 1 is 1.11 bits per heavy atom. The van der Waals surface area contributed by atoms with Crippen LogP contribution in [0.5, 0.6) is 0 Å². The van der Waals surface area contributed by atoms with Gasteiger partial charge >= 0.3 is 0 Å². The second-order valence-electron chi connectivity index (χ2n) is 5.66. The first-order valence-corrected chi connectivity index (χ1v) is 10.1. The number of aryl methyl sites for hydroxylation is 1. The minimum Gasteiger partial charge on any atom is -0.360 e. The molecule has 0 spiro atoms. The molecule has 28 heavy (non-hydrogen) atoms. The smallest absolute Gasteiger partial charge is 0.263 e. The first kappa shape index (κ1) is 20.1. The summed E-state index contributed by atoms with van der Waals surface area (Å²) in [6, 6.07) is 11.5. The van der Waals surface area contributed by atoms with Gasteiger partial charge < -0.3 is 15.2 Å². The van der Waals surface area contributed by atoms with Gasteiger partial charge in [0, 0.05) is 17.4 Å². The molecule has 0 radical (unpaired) electrons. The normalized spacial score (nSPS) is 11.1. The predicted molar refractivity (Wildman–Crippen MR) is 110 cm³/mol. The molecule has 0 fully saturated rings. The van der Waals surface area contributed by atoms with Crippen LogP contribution >= 0.6 is 23.8 Å². The Balaban J connectivity index is 1.64. The van der Waals surface area contributed by atoms with Crippen LogP contribution in [0.3, 0.4) is 0 Å². The summed E-state index contributed by atoms with van der Waals surface area (Å²) in [4.78, 5) is 0.0443. The van der Waals surface area contributed by atoms with Gasteiger partial charge in [0.15, 0.2) is 10.9 Å². The summed E-state index contributed by atoms with van der Waals surface area (Å²) >= 11 is 10.9. The highest BCUT2D eigenvalue weighted by molar-refractivity contribution is 7.92. The molecule has 0 atom stereocenters.